The first-order valence-electron chi connectivity index (χ1n) is 9.75. The lowest BCUT2D eigenvalue weighted by molar-refractivity contribution is 0.0635. The number of benzene rings is 1. The number of anilines is 1. The summed E-state index contributed by atoms with van der Waals surface area (Å²) in [5.41, 5.74) is 1.29. The van der Waals surface area contributed by atoms with E-state index in [9.17, 15) is 9.59 Å². The molecule has 1 fully saturated rings. The number of pyridine rings is 1. The van der Waals surface area contributed by atoms with Crippen molar-refractivity contribution in [2.24, 2.45) is 0 Å². The first-order chi connectivity index (χ1) is 13.8. The van der Waals surface area contributed by atoms with Crippen molar-refractivity contribution in [2.75, 3.05) is 11.9 Å². The van der Waals surface area contributed by atoms with Gasteiger partial charge < -0.3 is 14.4 Å². The zero-order valence-corrected chi connectivity index (χ0v) is 17.1. The molecule has 7 heteroatoms. The van der Waals surface area contributed by atoms with Gasteiger partial charge in [-0.15, -0.1) is 0 Å². The van der Waals surface area contributed by atoms with Crippen molar-refractivity contribution in [3.63, 3.8) is 0 Å². The molecule has 2 aromatic rings. The summed E-state index contributed by atoms with van der Waals surface area (Å²) in [6.45, 7) is 6.30. The van der Waals surface area contributed by atoms with Crippen LogP contribution in [-0.4, -0.2) is 34.2 Å². The fourth-order valence-corrected chi connectivity index (χ4v) is 3.22. The lowest BCUT2D eigenvalue weighted by atomic mass is 10.1. The minimum Gasteiger partial charge on any atom is -0.445 e. The smallest absolute Gasteiger partial charge is 0.413 e. The molecule has 7 nitrogen and oxygen atoms in total. The van der Waals surface area contributed by atoms with Crippen molar-refractivity contribution >= 4 is 18.0 Å². The summed E-state index contributed by atoms with van der Waals surface area (Å²) >= 11 is 0. The Morgan fingerprint density at radius 2 is 1.93 bits per heavy atom. The van der Waals surface area contributed by atoms with Crippen LogP contribution in [0.1, 0.15) is 50.8 Å². The van der Waals surface area contributed by atoms with Gasteiger partial charge in [0.25, 0.3) is 0 Å². The highest BCUT2D eigenvalue weighted by molar-refractivity contribution is 5.83. The highest BCUT2D eigenvalue weighted by atomic mass is 16.6. The highest BCUT2D eigenvalue weighted by Crippen LogP contribution is 2.32. The van der Waals surface area contributed by atoms with Gasteiger partial charge in [0.15, 0.2) is 0 Å². The standard InChI is InChI=1S/C22H27N3O4/c1-22(2,3)29-20(26)24-19-12-11-17(14-23-19)18-10-7-13-25(18)21(27)28-15-16-8-5-4-6-9-16/h4-6,8-9,11-12,14,18H,7,10,13,15H2,1-3H3,(H,23,24,26)/t18-/m1/s1. The monoisotopic (exact) mass is 397 g/mol. The molecule has 0 bridgehead atoms. The third-order valence-electron chi connectivity index (χ3n) is 4.49. The number of hydrogen-bond acceptors (Lipinski definition) is 5. The number of carbonyl (C=O) groups excluding carboxylic acids is 2. The average Bonchev–Trinajstić information content (AvgIpc) is 3.16. The maximum atomic E-state index is 12.6. The van der Waals surface area contributed by atoms with E-state index in [1.807, 2.05) is 36.4 Å². The predicted octanol–water partition coefficient (Wildman–Crippen LogP) is 4.90. The van der Waals surface area contributed by atoms with Crippen molar-refractivity contribution in [3.8, 4) is 0 Å². The van der Waals surface area contributed by atoms with E-state index in [2.05, 4.69) is 10.3 Å². The van der Waals surface area contributed by atoms with Crippen LogP contribution in [0.4, 0.5) is 15.4 Å². The zero-order valence-electron chi connectivity index (χ0n) is 17.1. The molecule has 2 amide bonds. The Hall–Kier alpha value is -3.09. The van der Waals surface area contributed by atoms with Gasteiger partial charge in [-0.25, -0.2) is 14.6 Å². The highest BCUT2D eigenvalue weighted by Gasteiger charge is 2.31. The number of hydrogen-bond donors (Lipinski definition) is 1. The Balaban J connectivity index is 1.59. The van der Waals surface area contributed by atoms with Crippen LogP contribution in [0.2, 0.25) is 0 Å². The number of ether oxygens (including phenoxy) is 2. The summed E-state index contributed by atoms with van der Waals surface area (Å²) in [4.78, 5) is 30.4. The summed E-state index contributed by atoms with van der Waals surface area (Å²) in [6, 6.07) is 13.1. The summed E-state index contributed by atoms with van der Waals surface area (Å²) in [7, 11) is 0. The minimum atomic E-state index is -0.575. The second-order valence-electron chi connectivity index (χ2n) is 8.00. The molecule has 0 unspecified atom stereocenters. The summed E-state index contributed by atoms with van der Waals surface area (Å²) < 4.78 is 10.7. The Bertz CT molecular complexity index is 831. The van der Waals surface area contributed by atoms with Gasteiger partial charge in [0.05, 0.1) is 6.04 Å². The quantitative estimate of drug-likeness (QED) is 0.793. The molecule has 1 N–H and O–H groups in total. The number of likely N-dealkylation sites (tertiary alicyclic amines) is 1. The molecule has 29 heavy (non-hydrogen) atoms. The van der Waals surface area contributed by atoms with Crippen molar-refractivity contribution < 1.29 is 19.1 Å². The summed E-state index contributed by atoms with van der Waals surface area (Å²) in [5.74, 6) is 0.402. The van der Waals surface area contributed by atoms with Crippen LogP contribution in [0.3, 0.4) is 0 Å². The van der Waals surface area contributed by atoms with Gasteiger partial charge in [-0.3, -0.25) is 5.32 Å². The summed E-state index contributed by atoms with van der Waals surface area (Å²) in [6.07, 6.45) is 2.56. The molecule has 0 aliphatic carbocycles. The van der Waals surface area contributed by atoms with Gasteiger partial charge in [-0.1, -0.05) is 36.4 Å². The predicted molar refractivity (Wildman–Crippen MR) is 109 cm³/mol. The molecule has 0 spiro atoms. The third kappa shape index (κ3) is 5.94. The lowest BCUT2D eigenvalue weighted by Crippen LogP contribution is -2.31. The minimum absolute atomic E-state index is 0.0821. The number of nitrogens with one attached hydrogen (secondary N) is 1. The van der Waals surface area contributed by atoms with E-state index in [-0.39, 0.29) is 18.7 Å². The fraction of sp³-hybridized carbons (Fsp3) is 0.409. The van der Waals surface area contributed by atoms with Gasteiger partial charge in [-0.2, -0.15) is 0 Å². The molecule has 0 radical (unpaired) electrons. The number of aromatic nitrogens is 1. The number of amides is 2. The molecule has 154 valence electrons. The van der Waals surface area contributed by atoms with E-state index >= 15 is 0 Å². The Kier molecular flexibility index (Phi) is 6.36. The van der Waals surface area contributed by atoms with Crippen molar-refractivity contribution in [2.45, 2.75) is 51.9 Å². The van der Waals surface area contributed by atoms with Gasteiger partial charge >= 0.3 is 12.2 Å². The average molecular weight is 397 g/mol. The molecule has 3 rings (SSSR count). The molecule has 2 heterocycles. The van der Waals surface area contributed by atoms with E-state index in [0.29, 0.717) is 12.4 Å². The van der Waals surface area contributed by atoms with Crippen molar-refractivity contribution in [1.82, 2.24) is 9.88 Å². The normalized spacial score (nSPS) is 16.4. The van der Waals surface area contributed by atoms with Crippen LogP contribution in [0.5, 0.6) is 0 Å². The van der Waals surface area contributed by atoms with Crippen LogP contribution < -0.4 is 5.32 Å². The van der Waals surface area contributed by atoms with E-state index in [1.165, 1.54) is 0 Å². The van der Waals surface area contributed by atoms with E-state index in [4.69, 9.17) is 9.47 Å². The number of nitrogens with zero attached hydrogens (tertiary/aromatic N) is 2. The fourth-order valence-electron chi connectivity index (χ4n) is 3.22. The Labute approximate surface area is 171 Å². The van der Waals surface area contributed by atoms with Gasteiger partial charge in [-0.05, 0) is 50.8 Å². The molecule has 1 atom stereocenters. The van der Waals surface area contributed by atoms with E-state index in [1.54, 1.807) is 37.9 Å². The molecule has 1 saturated heterocycles. The van der Waals surface area contributed by atoms with Crippen LogP contribution >= 0.6 is 0 Å². The third-order valence-corrected chi connectivity index (χ3v) is 4.49. The molecular weight excluding hydrogens is 370 g/mol. The van der Waals surface area contributed by atoms with Crippen molar-refractivity contribution in [1.29, 1.82) is 0 Å². The maximum Gasteiger partial charge on any atom is 0.413 e. The van der Waals surface area contributed by atoms with Gasteiger partial charge in [0.1, 0.15) is 18.0 Å². The SMILES string of the molecule is CC(C)(C)OC(=O)Nc1ccc([C@H]2CCCN2C(=O)OCc2ccccc2)cn1. The molecule has 1 aromatic carbocycles. The molecule has 1 aliphatic rings. The number of carbonyl (C=O) groups is 2. The Morgan fingerprint density at radius 1 is 1.17 bits per heavy atom. The van der Waals surface area contributed by atoms with Crippen molar-refractivity contribution in [3.05, 3.63) is 59.8 Å². The largest absolute Gasteiger partial charge is 0.445 e. The number of rotatable bonds is 4. The maximum absolute atomic E-state index is 12.6. The van der Waals surface area contributed by atoms with Gasteiger partial charge in [0.2, 0.25) is 0 Å². The van der Waals surface area contributed by atoms with Crippen LogP contribution in [-0.2, 0) is 16.1 Å². The molecule has 0 saturated carbocycles. The first-order valence-corrected chi connectivity index (χ1v) is 9.75. The topological polar surface area (TPSA) is 80.8 Å². The van der Waals surface area contributed by atoms with E-state index < -0.39 is 11.7 Å². The second-order valence-corrected chi connectivity index (χ2v) is 8.00. The molecular formula is C22H27N3O4. The van der Waals surface area contributed by atoms with Crippen LogP contribution in [0.25, 0.3) is 0 Å². The Morgan fingerprint density at radius 3 is 2.59 bits per heavy atom. The zero-order chi connectivity index (χ0) is 20.9. The van der Waals surface area contributed by atoms with E-state index in [0.717, 1.165) is 24.0 Å². The molecule has 1 aliphatic heterocycles. The van der Waals surface area contributed by atoms with Crippen LogP contribution in [0, 0.1) is 0 Å². The summed E-state index contributed by atoms with van der Waals surface area (Å²) in [5, 5.41) is 2.61. The van der Waals surface area contributed by atoms with Gasteiger partial charge in [0, 0.05) is 12.7 Å². The molecule has 1 aromatic heterocycles. The van der Waals surface area contributed by atoms with Crippen LogP contribution in [0.15, 0.2) is 48.7 Å². The second kappa shape index (κ2) is 8.94. The first kappa shape index (κ1) is 20.6. The lowest BCUT2D eigenvalue weighted by Gasteiger charge is -2.24.